The van der Waals surface area contributed by atoms with Crippen LogP contribution >= 0.6 is 11.6 Å². The number of hydrogen-bond acceptors (Lipinski definition) is 5. The van der Waals surface area contributed by atoms with E-state index in [1.54, 1.807) is 47.7 Å². The largest absolute Gasteiger partial charge is 0.350 e. The van der Waals surface area contributed by atoms with Gasteiger partial charge in [0.25, 0.3) is 5.56 Å². The van der Waals surface area contributed by atoms with Gasteiger partial charge in [0.05, 0.1) is 5.71 Å². The number of rotatable bonds is 7. The zero-order valence-corrected chi connectivity index (χ0v) is 23.7. The highest BCUT2D eigenvalue weighted by atomic mass is 35.5. The molecule has 3 atom stereocenters. The smallest absolute Gasteiger partial charge is 0.273 e. The number of nitrogens with zero attached hydrogens (tertiary/aromatic N) is 4. The van der Waals surface area contributed by atoms with Crippen LogP contribution < -0.4 is 16.2 Å². The number of aromatic nitrogens is 2. The number of aryl methyl sites for hydroxylation is 1. The second-order valence-electron chi connectivity index (χ2n) is 11.0. The van der Waals surface area contributed by atoms with E-state index in [1.807, 2.05) is 26.8 Å². The zero-order valence-electron chi connectivity index (χ0n) is 22.9. The average molecular weight is 564 g/mol. The summed E-state index contributed by atoms with van der Waals surface area (Å²) in [6.45, 7) is 8.65. The molecule has 1 saturated heterocycles. The third-order valence-corrected chi connectivity index (χ3v) is 8.07. The fourth-order valence-electron chi connectivity index (χ4n) is 5.64. The molecule has 9 heteroatoms. The first-order chi connectivity index (χ1) is 19.0. The number of allylic oxidation sites excluding steroid dienone is 2. The van der Waals surface area contributed by atoms with E-state index in [-0.39, 0.29) is 51.1 Å². The summed E-state index contributed by atoms with van der Waals surface area (Å²) in [6, 6.07) is 9.95. The summed E-state index contributed by atoms with van der Waals surface area (Å²) in [5, 5.41) is 0.142. The Hall–Kier alpha value is -3.62. The predicted molar refractivity (Wildman–Crippen MR) is 157 cm³/mol. The van der Waals surface area contributed by atoms with Crippen molar-refractivity contribution in [3.05, 3.63) is 110 Å². The summed E-state index contributed by atoms with van der Waals surface area (Å²) in [5.41, 5.74) is 8.43. The molecule has 2 aliphatic rings. The van der Waals surface area contributed by atoms with Gasteiger partial charge in [0.15, 0.2) is 11.6 Å². The Morgan fingerprint density at radius 3 is 2.55 bits per heavy atom. The molecule has 0 bridgehead atoms. The van der Waals surface area contributed by atoms with Crippen LogP contribution in [0.15, 0.2) is 70.7 Å². The van der Waals surface area contributed by atoms with E-state index in [1.165, 1.54) is 22.9 Å². The molecule has 208 valence electrons. The molecule has 2 fully saturated rings. The summed E-state index contributed by atoms with van der Waals surface area (Å²) in [5.74, 6) is -0.0718. The van der Waals surface area contributed by atoms with Crippen LogP contribution in [0, 0.1) is 24.5 Å². The lowest BCUT2D eigenvalue weighted by Gasteiger charge is -2.46. The van der Waals surface area contributed by atoms with E-state index < -0.39 is 5.82 Å². The molecule has 0 radical (unpaired) electrons. The Kier molecular flexibility index (Phi) is 7.50. The number of aliphatic imine (C=N–C) groups is 1. The minimum absolute atomic E-state index is 0.0658. The van der Waals surface area contributed by atoms with Gasteiger partial charge < -0.3 is 10.6 Å². The highest BCUT2D eigenvalue weighted by Gasteiger charge is 2.49. The molecule has 3 aromatic rings. The fourth-order valence-corrected chi connectivity index (χ4v) is 5.91. The van der Waals surface area contributed by atoms with Gasteiger partial charge in [-0.3, -0.25) is 14.4 Å². The number of halogens is 3. The van der Waals surface area contributed by atoms with Crippen LogP contribution in [0.4, 0.5) is 14.6 Å². The van der Waals surface area contributed by atoms with E-state index in [2.05, 4.69) is 16.9 Å². The highest BCUT2D eigenvalue weighted by Crippen LogP contribution is 2.61. The third kappa shape index (κ3) is 5.25. The molecule has 1 saturated carbocycles. The highest BCUT2D eigenvalue weighted by molar-refractivity contribution is 6.31. The molecule has 1 aliphatic heterocycles. The number of nitrogens with two attached hydrogens (primary N) is 1. The normalized spacial score (nSPS) is 22.2. The first-order valence-electron chi connectivity index (χ1n) is 13.3. The van der Waals surface area contributed by atoms with Gasteiger partial charge in [-0.1, -0.05) is 36.7 Å². The van der Waals surface area contributed by atoms with Crippen LogP contribution in [-0.4, -0.2) is 33.9 Å². The van der Waals surface area contributed by atoms with E-state index >= 15 is 4.39 Å². The van der Waals surface area contributed by atoms with Crippen LogP contribution in [0.25, 0.3) is 6.20 Å². The van der Waals surface area contributed by atoms with E-state index in [9.17, 15) is 9.18 Å². The molecule has 1 aromatic carbocycles. The molecule has 1 aliphatic carbocycles. The average Bonchev–Trinajstić information content (AvgIpc) is 3.57. The molecule has 3 unspecified atom stereocenters. The second-order valence-corrected chi connectivity index (χ2v) is 11.4. The maximum Gasteiger partial charge on any atom is 0.273 e. The summed E-state index contributed by atoms with van der Waals surface area (Å²) >= 11 is 6.64. The number of anilines is 1. The first kappa shape index (κ1) is 27.9. The summed E-state index contributed by atoms with van der Waals surface area (Å²) in [7, 11) is 0. The Labute approximate surface area is 237 Å². The van der Waals surface area contributed by atoms with Gasteiger partial charge in [-0.05, 0) is 80.0 Å². The van der Waals surface area contributed by atoms with Crippen LogP contribution in [0.3, 0.4) is 0 Å². The van der Waals surface area contributed by atoms with Crippen molar-refractivity contribution in [2.75, 3.05) is 18.0 Å². The van der Waals surface area contributed by atoms with Crippen molar-refractivity contribution in [1.82, 2.24) is 9.55 Å². The van der Waals surface area contributed by atoms with Gasteiger partial charge in [0.1, 0.15) is 10.8 Å². The van der Waals surface area contributed by atoms with Gasteiger partial charge in [0.2, 0.25) is 0 Å². The van der Waals surface area contributed by atoms with Crippen molar-refractivity contribution in [2.45, 2.75) is 45.1 Å². The predicted octanol–water partition coefficient (Wildman–Crippen LogP) is 6.03. The number of pyridine rings is 2. The molecule has 0 amide bonds. The minimum atomic E-state index is -0.502. The van der Waals surface area contributed by atoms with E-state index in [0.29, 0.717) is 24.5 Å². The number of hydrogen-bond donors (Lipinski definition) is 1. The Morgan fingerprint density at radius 2 is 1.90 bits per heavy atom. The molecule has 5 rings (SSSR count). The maximum absolute atomic E-state index is 15.6. The van der Waals surface area contributed by atoms with E-state index in [4.69, 9.17) is 17.3 Å². The molecule has 0 spiro atoms. The topological polar surface area (TPSA) is 76.5 Å². The molecule has 40 heavy (non-hydrogen) atoms. The van der Waals surface area contributed by atoms with Crippen molar-refractivity contribution in [3.63, 3.8) is 0 Å². The minimum Gasteiger partial charge on any atom is -0.350 e. The monoisotopic (exact) mass is 563 g/mol. The van der Waals surface area contributed by atoms with Crippen LogP contribution in [0.1, 0.15) is 55.0 Å². The molecular formula is C31H32ClF2N5O. The van der Waals surface area contributed by atoms with E-state index in [0.717, 1.165) is 11.1 Å². The summed E-state index contributed by atoms with van der Waals surface area (Å²) < 4.78 is 30.5. The standard InChI is InChI=1S/C31H32ClF2N5O/c1-5-12-36-24(22-10-13-37-29(28(22)34)38-16-31(4,35)17-38)11-14-39-18(2)15-23(27(32)30(39)40)26-19(3)25(26)20-6-8-21(33)9-7-20/h5-15,19,25-26H,16-17,35H2,1-4H3/b12-5+,14-11+,36-24-. The zero-order chi connectivity index (χ0) is 28.8. The lowest BCUT2D eigenvalue weighted by molar-refractivity contribution is 0.358. The Bertz CT molecular complexity index is 1580. The third-order valence-electron chi connectivity index (χ3n) is 7.69. The fraction of sp³-hybridized carbons (Fsp3) is 0.323. The van der Waals surface area contributed by atoms with Crippen molar-refractivity contribution in [3.8, 4) is 0 Å². The van der Waals surface area contributed by atoms with Crippen molar-refractivity contribution in [2.24, 2.45) is 16.6 Å². The first-order valence-corrected chi connectivity index (χ1v) is 13.6. The van der Waals surface area contributed by atoms with Crippen molar-refractivity contribution >= 4 is 29.3 Å². The lowest BCUT2D eigenvalue weighted by Crippen LogP contribution is -2.66. The Balaban J connectivity index is 1.45. The van der Waals surface area contributed by atoms with Crippen LogP contribution in [0.2, 0.25) is 5.02 Å². The molecule has 3 heterocycles. The maximum atomic E-state index is 15.6. The van der Waals surface area contributed by atoms with Crippen molar-refractivity contribution in [1.29, 1.82) is 0 Å². The van der Waals surface area contributed by atoms with Crippen LogP contribution in [0.5, 0.6) is 0 Å². The van der Waals surface area contributed by atoms with Crippen LogP contribution in [-0.2, 0) is 0 Å². The molecule has 2 aromatic heterocycles. The Morgan fingerprint density at radius 1 is 1.20 bits per heavy atom. The van der Waals surface area contributed by atoms with Crippen molar-refractivity contribution < 1.29 is 8.78 Å². The summed E-state index contributed by atoms with van der Waals surface area (Å²) in [4.78, 5) is 23.8. The van der Waals surface area contributed by atoms with Gasteiger partial charge in [-0.15, -0.1) is 0 Å². The van der Waals surface area contributed by atoms with Gasteiger partial charge in [-0.25, -0.2) is 13.8 Å². The molecular weight excluding hydrogens is 532 g/mol. The van der Waals surface area contributed by atoms with Gasteiger partial charge >= 0.3 is 0 Å². The molecule has 6 nitrogen and oxygen atoms in total. The lowest BCUT2D eigenvalue weighted by atomic mass is 9.93. The van der Waals surface area contributed by atoms with Gasteiger partial charge in [0, 0.05) is 48.5 Å². The number of benzene rings is 1. The quantitative estimate of drug-likeness (QED) is 0.356. The molecule has 2 N–H and O–H groups in total. The summed E-state index contributed by atoms with van der Waals surface area (Å²) in [6.07, 6.45) is 7.99. The van der Waals surface area contributed by atoms with Gasteiger partial charge in [-0.2, -0.15) is 0 Å². The SMILES string of the molecule is C/C=C/N=C(/C=C/n1c(C)cc(C2C(C)C2c2ccc(F)cc2)c(Cl)c1=O)c1ccnc(N2CC(C)(N)C2)c1F. The second kappa shape index (κ2) is 10.7.